The molecule has 0 aromatic heterocycles. The maximum atomic E-state index is 3.47. The van der Waals surface area contributed by atoms with Crippen molar-refractivity contribution in [1.29, 1.82) is 0 Å². The third kappa shape index (κ3) is 1.01. The van der Waals surface area contributed by atoms with E-state index in [2.05, 4.69) is 37.4 Å². The van der Waals surface area contributed by atoms with Crippen molar-refractivity contribution in [2.75, 3.05) is 5.32 Å². The first kappa shape index (κ1) is 6.71. The van der Waals surface area contributed by atoms with Crippen LogP contribution < -0.4 is 5.32 Å². The Balaban J connectivity index is 2.49. The summed E-state index contributed by atoms with van der Waals surface area (Å²) in [5.41, 5.74) is 4.20. The van der Waals surface area contributed by atoms with Gasteiger partial charge in [0.15, 0.2) is 0 Å². The topological polar surface area (TPSA) is 12.0 Å². The van der Waals surface area contributed by atoms with Gasteiger partial charge in [0.05, 0.1) is 0 Å². The Morgan fingerprint density at radius 1 is 1.45 bits per heavy atom. The van der Waals surface area contributed by atoms with Crippen LogP contribution in [0.4, 0.5) is 5.69 Å². The number of aryl methyl sites for hydroxylation is 1. The minimum atomic E-state index is 0.617. The molecule has 1 heteroatoms. The van der Waals surface area contributed by atoms with Crippen LogP contribution in [0.1, 0.15) is 18.1 Å². The average Bonchev–Trinajstić information content (AvgIpc) is 2.31. The first-order valence-corrected chi connectivity index (χ1v) is 4.12. The van der Waals surface area contributed by atoms with Gasteiger partial charge >= 0.3 is 0 Å². The number of hydrogen-bond donors (Lipinski definition) is 1. The van der Waals surface area contributed by atoms with Crippen molar-refractivity contribution in [3.63, 3.8) is 0 Å². The minimum absolute atomic E-state index is 0.617. The van der Waals surface area contributed by atoms with Gasteiger partial charge in [0.2, 0.25) is 0 Å². The Morgan fingerprint density at radius 3 is 3.00 bits per heavy atom. The maximum Gasteiger partial charge on any atom is 0.0405 e. The zero-order valence-corrected chi connectivity index (χ0v) is 7.02. The first-order chi connectivity index (χ1) is 5.27. The third-order valence-electron chi connectivity index (χ3n) is 2.28. The van der Waals surface area contributed by atoms with E-state index >= 15 is 0 Å². The molecule has 2 rings (SSSR count). The van der Waals surface area contributed by atoms with Crippen molar-refractivity contribution in [3.8, 4) is 0 Å². The predicted molar refractivity (Wildman–Crippen MR) is 48.0 cm³/mol. The summed E-state index contributed by atoms with van der Waals surface area (Å²) in [6, 6.07) is 7.11. The third-order valence-corrected chi connectivity index (χ3v) is 2.28. The number of para-hydroxylation sites is 1. The summed E-state index contributed by atoms with van der Waals surface area (Å²) < 4.78 is 0. The van der Waals surface area contributed by atoms with E-state index < -0.39 is 0 Å². The van der Waals surface area contributed by atoms with E-state index in [1.54, 1.807) is 0 Å². The minimum Gasteiger partial charge on any atom is -0.382 e. The van der Waals surface area contributed by atoms with E-state index in [4.69, 9.17) is 0 Å². The van der Waals surface area contributed by atoms with Crippen LogP contribution in [0.3, 0.4) is 0 Å². The zero-order chi connectivity index (χ0) is 7.84. The molecule has 1 atom stereocenters. The summed E-state index contributed by atoms with van der Waals surface area (Å²) in [7, 11) is 0. The highest BCUT2D eigenvalue weighted by molar-refractivity contribution is 5.61. The summed E-state index contributed by atoms with van der Waals surface area (Å²) in [4.78, 5) is 0. The van der Waals surface area contributed by atoms with Crippen molar-refractivity contribution in [2.45, 2.75) is 26.3 Å². The second-order valence-corrected chi connectivity index (χ2v) is 3.36. The molecule has 1 nitrogen and oxygen atoms in total. The quantitative estimate of drug-likeness (QED) is 0.594. The van der Waals surface area contributed by atoms with Crippen LogP contribution in [0.2, 0.25) is 0 Å². The molecular weight excluding hydrogens is 134 g/mol. The number of rotatable bonds is 0. The summed E-state index contributed by atoms with van der Waals surface area (Å²) >= 11 is 0. The van der Waals surface area contributed by atoms with Crippen LogP contribution in [0, 0.1) is 6.92 Å². The molecule has 58 valence electrons. The smallest absolute Gasteiger partial charge is 0.0405 e. The molecule has 1 aliphatic heterocycles. The molecule has 1 aromatic carbocycles. The lowest BCUT2D eigenvalue weighted by Crippen LogP contribution is -2.08. The van der Waals surface area contributed by atoms with Crippen molar-refractivity contribution >= 4 is 5.69 Å². The monoisotopic (exact) mass is 147 g/mol. The molecule has 1 aliphatic rings. The summed E-state index contributed by atoms with van der Waals surface area (Å²) in [5.74, 6) is 0. The van der Waals surface area contributed by atoms with E-state index in [-0.39, 0.29) is 0 Å². The fraction of sp³-hybridized carbons (Fsp3) is 0.400. The molecule has 0 bridgehead atoms. The van der Waals surface area contributed by atoms with Crippen LogP contribution in [0.25, 0.3) is 0 Å². The van der Waals surface area contributed by atoms with Crippen LogP contribution in [-0.4, -0.2) is 6.04 Å². The van der Waals surface area contributed by atoms with Gasteiger partial charge in [0.25, 0.3) is 0 Å². The summed E-state index contributed by atoms with van der Waals surface area (Å²) in [6.45, 7) is 4.38. The SMILES string of the molecule is Cc1cccc2c1N[C@H](C)C2. The van der Waals surface area contributed by atoms with Gasteiger partial charge in [-0.25, -0.2) is 0 Å². The highest BCUT2D eigenvalue weighted by Crippen LogP contribution is 2.28. The molecule has 1 aromatic rings. The van der Waals surface area contributed by atoms with Gasteiger partial charge in [-0.05, 0) is 31.4 Å². The average molecular weight is 147 g/mol. The highest BCUT2D eigenvalue weighted by Gasteiger charge is 2.16. The van der Waals surface area contributed by atoms with Crippen molar-refractivity contribution in [2.24, 2.45) is 0 Å². The molecule has 0 saturated heterocycles. The van der Waals surface area contributed by atoms with E-state index in [1.165, 1.54) is 23.2 Å². The molecule has 1 heterocycles. The Kier molecular flexibility index (Phi) is 1.38. The standard InChI is InChI=1S/C10H13N/c1-7-4-3-5-9-6-8(2)11-10(7)9/h3-5,8,11H,6H2,1-2H3/t8-/m1/s1. The Morgan fingerprint density at radius 2 is 2.27 bits per heavy atom. The Labute approximate surface area is 67.4 Å². The van der Waals surface area contributed by atoms with Crippen molar-refractivity contribution in [3.05, 3.63) is 29.3 Å². The lowest BCUT2D eigenvalue weighted by Gasteiger charge is -2.04. The van der Waals surface area contributed by atoms with Gasteiger partial charge in [-0.2, -0.15) is 0 Å². The predicted octanol–water partition coefficient (Wildman–Crippen LogP) is 2.35. The van der Waals surface area contributed by atoms with E-state index in [0.717, 1.165) is 0 Å². The van der Waals surface area contributed by atoms with Gasteiger partial charge in [-0.15, -0.1) is 0 Å². The Hall–Kier alpha value is -0.980. The van der Waals surface area contributed by atoms with Crippen LogP contribution in [0.15, 0.2) is 18.2 Å². The molecule has 11 heavy (non-hydrogen) atoms. The molecule has 0 spiro atoms. The molecular formula is C10H13N. The number of hydrogen-bond acceptors (Lipinski definition) is 1. The summed E-state index contributed by atoms with van der Waals surface area (Å²) in [5, 5.41) is 3.47. The fourth-order valence-corrected chi connectivity index (χ4v) is 1.73. The lowest BCUT2D eigenvalue weighted by molar-refractivity contribution is 0.839. The normalized spacial score (nSPS) is 21.1. The maximum absolute atomic E-state index is 3.47. The van der Waals surface area contributed by atoms with Gasteiger partial charge < -0.3 is 5.32 Å². The second kappa shape index (κ2) is 2.26. The molecule has 0 saturated carbocycles. The number of anilines is 1. The highest BCUT2D eigenvalue weighted by atomic mass is 14.9. The van der Waals surface area contributed by atoms with Gasteiger partial charge in [-0.3, -0.25) is 0 Å². The van der Waals surface area contributed by atoms with Gasteiger partial charge in [-0.1, -0.05) is 18.2 Å². The lowest BCUT2D eigenvalue weighted by atomic mass is 10.1. The Bertz CT molecular complexity index is 278. The van der Waals surface area contributed by atoms with E-state index in [9.17, 15) is 0 Å². The molecule has 0 unspecified atom stereocenters. The second-order valence-electron chi connectivity index (χ2n) is 3.36. The first-order valence-electron chi connectivity index (χ1n) is 4.12. The number of benzene rings is 1. The van der Waals surface area contributed by atoms with Crippen LogP contribution >= 0.6 is 0 Å². The summed E-state index contributed by atoms with van der Waals surface area (Å²) in [6.07, 6.45) is 1.18. The van der Waals surface area contributed by atoms with Crippen LogP contribution in [0.5, 0.6) is 0 Å². The molecule has 0 radical (unpaired) electrons. The molecule has 1 N–H and O–H groups in total. The van der Waals surface area contributed by atoms with Gasteiger partial charge in [0.1, 0.15) is 0 Å². The van der Waals surface area contributed by atoms with Crippen LogP contribution in [-0.2, 0) is 6.42 Å². The van der Waals surface area contributed by atoms with E-state index in [1.807, 2.05) is 0 Å². The molecule has 0 fully saturated rings. The molecule has 0 amide bonds. The number of nitrogens with one attached hydrogen (secondary N) is 1. The van der Waals surface area contributed by atoms with E-state index in [0.29, 0.717) is 6.04 Å². The molecule has 0 aliphatic carbocycles. The van der Waals surface area contributed by atoms with Gasteiger partial charge in [0, 0.05) is 11.7 Å². The van der Waals surface area contributed by atoms with Crippen molar-refractivity contribution in [1.82, 2.24) is 0 Å². The fourth-order valence-electron chi connectivity index (χ4n) is 1.73. The number of fused-ring (bicyclic) bond motifs is 1. The zero-order valence-electron chi connectivity index (χ0n) is 7.02. The van der Waals surface area contributed by atoms with Crippen molar-refractivity contribution < 1.29 is 0 Å². The largest absolute Gasteiger partial charge is 0.382 e.